The molecule has 108 valence electrons. The maximum atomic E-state index is 11.6. The Labute approximate surface area is 117 Å². The number of aromatic nitrogens is 2. The van der Waals surface area contributed by atoms with Crippen LogP contribution in [0.3, 0.4) is 0 Å². The van der Waals surface area contributed by atoms with Crippen LogP contribution in [0.2, 0.25) is 0 Å². The van der Waals surface area contributed by atoms with Crippen molar-refractivity contribution in [2.24, 2.45) is 0 Å². The van der Waals surface area contributed by atoms with Crippen molar-refractivity contribution in [2.75, 3.05) is 24.2 Å². The molecule has 0 bridgehead atoms. The number of unbranched alkanes of at least 4 members (excludes halogenated alkanes) is 3. The van der Waals surface area contributed by atoms with Gasteiger partial charge in [0, 0.05) is 13.2 Å². The molecule has 0 fully saturated rings. The molecule has 0 radical (unpaired) electrons. The molecule has 0 saturated carbocycles. The predicted octanol–water partition coefficient (Wildman–Crippen LogP) is 1.47. The molecule has 0 aliphatic heterocycles. The van der Waals surface area contributed by atoms with Crippen molar-refractivity contribution in [2.45, 2.75) is 25.7 Å². The quantitative estimate of drug-likeness (QED) is 0.453. The Hall–Kier alpha value is -2.08. The lowest BCUT2D eigenvalue weighted by atomic mass is 10.1. The van der Waals surface area contributed by atoms with Gasteiger partial charge in [-0.2, -0.15) is 0 Å². The normalized spacial score (nSPS) is 10.8. The summed E-state index contributed by atoms with van der Waals surface area (Å²) >= 11 is 0. The molecule has 0 unspecified atom stereocenters. The first kappa shape index (κ1) is 14.3. The van der Waals surface area contributed by atoms with Gasteiger partial charge in [0.15, 0.2) is 0 Å². The van der Waals surface area contributed by atoms with E-state index in [1.54, 1.807) is 12.1 Å². The second-order valence-corrected chi connectivity index (χ2v) is 4.75. The minimum atomic E-state index is -0.183. The summed E-state index contributed by atoms with van der Waals surface area (Å²) in [6, 6.07) is 3.45. The predicted molar refractivity (Wildman–Crippen MR) is 80.8 cm³/mol. The number of aliphatic hydroxyl groups excluding tert-OH is 1. The molecule has 6 nitrogen and oxygen atoms in total. The summed E-state index contributed by atoms with van der Waals surface area (Å²) in [6.07, 6.45) is 5.35. The number of aliphatic hydroxyl groups is 1. The Morgan fingerprint density at radius 1 is 1.25 bits per heavy atom. The third kappa shape index (κ3) is 3.48. The molecule has 5 N–H and O–H groups in total. The zero-order chi connectivity index (χ0) is 14.4. The van der Waals surface area contributed by atoms with E-state index in [-0.39, 0.29) is 12.2 Å². The molecule has 0 spiro atoms. The van der Waals surface area contributed by atoms with Crippen LogP contribution in [0.5, 0.6) is 0 Å². The van der Waals surface area contributed by atoms with Crippen LogP contribution in [0.4, 0.5) is 11.4 Å². The summed E-state index contributed by atoms with van der Waals surface area (Å²) in [7, 11) is 0. The van der Waals surface area contributed by atoms with Gasteiger partial charge in [-0.1, -0.05) is 12.8 Å². The van der Waals surface area contributed by atoms with E-state index in [9.17, 15) is 4.79 Å². The number of fused-ring (bicyclic) bond motifs is 1. The molecule has 0 aliphatic carbocycles. The number of nitrogens with two attached hydrogens (primary N) is 1. The molecule has 0 atom stereocenters. The average molecular weight is 276 g/mol. The Balaban J connectivity index is 2.00. The Kier molecular flexibility index (Phi) is 4.95. The van der Waals surface area contributed by atoms with Gasteiger partial charge in [0.25, 0.3) is 5.56 Å². The number of benzene rings is 1. The zero-order valence-corrected chi connectivity index (χ0v) is 11.4. The molecule has 6 heteroatoms. The van der Waals surface area contributed by atoms with E-state index >= 15 is 0 Å². The number of aromatic amines is 1. The van der Waals surface area contributed by atoms with E-state index in [1.165, 1.54) is 6.33 Å². The fourth-order valence-electron chi connectivity index (χ4n) is 2.10. The third-order valence-corrected chi connectivity index (χ3v) is 3.21. The average Bonchev–Trinajstić information content (AvgIpc) is 2.44. The van der Waals surface area contributed by atoms with E-state index in [0.29, 0.717) is 16.6 Å². The van der Waals surface area contributed by atoms with E-state index in [0.717, 1.165) is 37.9 Å². The first-order chi connectivity index (χ1) is 9.72. The van der Waals surface area contributed by atoms with Crippen molar-refractivity contribution in [1.29, 1.82) is 0 Å². The molecule has 1 aromatic carbocycles. The highest BCUT2D eigenvalue weighted by molar-refractivity contribution is 5.88. The Bertz CT molecular complexity index is 624. The van der Waals surface area contributed by atoms with Crippen molar-refractivity contribution in [3.63, 3.8) is 0 Å². The lowest BCUT2D eigenvalue weighted by Gasteiger charge is -2.10. The lowest BCUT2D eigenvalue weighted by molar-refractivity contribution is 0.283. The number of nitrogens with zero attached hydrogens (tertiary/aromatic N) is 1. The highest BCUT2D eigenvalue weighted by Crippen LogP contribution is 2.22. The van der Waals surface area contributed by atoms with E-state index in [1.807, 2.05) is 0 Å². The first-order valence-electron chi connectivity index (χ1n) is 6.84. The molecule has 0 saturated heterocycles. The van der Waals surface area contributed by atoms with Gasteiger partial charge in [-0.15, -0.1) is 0 Å². The highest BCUT2D eigenvalue weighted by atomic mass is 16.2. The van der Waals surface area contributed by atoms with Gasteiger partial charge in [-0.25, -0.2) is 4.98 Å². The van der Waals surface area contributed by atoms with Crippen molar-refractivity contribution in [3.05, 3.63) is 28.8 Å². The Morgan fingerprint density at radius 3 is 2.85 bits per heavy atom. The molecule has 2 aromatic rings. The minimum Gasteiger partial charge on any atom is -0.397 e. The van der Waals surface area contributed by atoms with Gasteiger partial charge in [-0.3, -0.25) is 4.79 Å². The van der Waals surface area contributed by atoms with Gasteiger partial charge in [0.1, 0.15) is 0 Å². The van der Waals surface area contributed by atoms with E-state index in [4.69, 9.17) is 10.8 Å². The number of hydrogen-bond donors (Lipinski definition) is 4. The maximum Gasteiger partial charge on any atom is 0.258 e. The Morgan fingerprint density at radius 2 is 2.05 bits per heavy atom. The number of hydrogen-bond acceptors (Lipinski definition) is 5. The van der Waals surface area contributed by atoms with Crippen LogP contribution in [0.1, 0.15) is 25.7 Å². The van der Waals surface area contributed by atoms with Gasteiger partial charge < -0.3 is 21.1 Å². The van der Waals surface area contributed by atoms with Crippen LogP contribution in [0.15, 0.2) is 23.3 Å². The summed E-state index contributed by atoms with van der Waals surface area (Å²) in [5, 5.41) is 12.5. The number of rotatable bonds is 7. The number of nitrogens with one attached hydrogen (secondary N) is 2. The van der Waals surface area contributed by atoms with Crippen molar-refractivity contribution < 1.29 is 5.11 Å². The van der Waals surface area contributed by atoms with Crippen molar-refractivity contribution in [1.82, 2.24) is 9.97 Å². The molecule has 2 rings (SSSR count). The van der Waals surface area contributed by atoms with Crippen LogP contribution in [-0.2, 0) is 0 Å². The SMILES string of the molecule is Nc1cc2c(=O)[nH]cnc2cc1NCCCCCCO. The van der Waals surface area contributed by atoms with Crippen molar-refractivity contribution >= 4 is 22.3 Å². The molecule has 0 aliphatic rings. The molecular formula is C14H20N4O2. The van der Waals surface area contributed by atoms with E-state index < -0.39 is 0 Å². The fraction of sp³-hybridized carbons (Fsp3) is 0.429. The smallest absolute Gasteiger partial charge is 0.258 e. The number of nitrogen functional groups attached to an aromatic ring is 1. The second kappa shape index (κ2) is 6.91. The van der Waals surface area contributed by atoms with Crippen LogP contribution >= 0.6 is 0 Å². The zero-order valence-electron chi connectivity index (χ0n) is 11.4. The van der Waals surface area contributed by atoms with Gasteiger partial charge >= 0.3 is 0 Å². The summed E-state index contributed by atoms with van der Waals surface area (Å²) in [5.74, 6) is 0. The standard InChI is InChI=1S/C14H20N4O2/c15-11-7-10-12(17-9-18-14(10)20)8-13(11)16-5-3-1-2-4-6-19/h7-9,16,19H,1-6,15H2,(H,17,18,20). The van der Waals surface area contributed by atoms with Crippen LogP contribution in [0.25, 0.3) is 10.9 Å². The molecule has 0 amide bonds. The van der Waals surface area contributed by atoms with Crippen LogP contribution in [-0.4, -0.2) is 28.2 Å². The van der Waals surface area contributed by atoms with Gasteiger partial charge in [0.05, 0.1) is 28.6 Å². The topological polar surface area (TPSA) is 104 Å². The number of anilines is 2. The van der Waals surface area contributed by atoms with Gasteiger partial charge in [-0.05, 0) is 25.0 Å². The second-order valence-electron chi connectivity index (χ2n) is 4.75. The first-order valence-corrected chi connectivity index (χ1v) is 6.84. The summed E-state index contributed by atoms with van der Waals surface area (Å²) in [5.41, 5.74) is 7.74. The minimum absolute atomic E-state index is 0.183. The van der Waals surface area contributed by atoms with Gasteiger partial charge in [0.2, 0.25) is 0 Å². The lowest BCUT2D eigenvalue weighted by Crippen LogP contribution is -2.09. The molecule has 20 heavy (non-hydrogen) atoms. The van der Waals surface area contributed by atoms with Crippen LogP contribution < -0.4 is 16.6 Å². The fourth-order valence-corrected chi connectivity index (χ4v) is 2.10. The summed E-state index contributed by atoms with van der Waals surface area (Å²) in [4.78, 5) is 18.3. The summed E-state index contributed by atoms with van der Waals surface area (Å²) in [6.45, 7) is 1.07. The monoisotopic (exact) mass is 276 g/mol. The highest BCUT2D eigenvalue weighted by Gasteiger charge is 2.05. The molecule has 1 aromatic heterocycles. The van der Waals surface area contributed by atoms with Crippen LogP contribution in [0, 0.1) is 0 Å². The van der Waals surface area contributed by atoms with E-state index in [2.05, 4.69) is 15.3 Å². The largest absolute Gasteiger partial charge is 0.397 e. The molecular weight excluding hydrogens is 256 g/mol. The summed E-state index contributed by atoms with van der Waals surface area (Å²) < 4.78 is 0. The third-order valence-electron chi connectivity index (χ3n) is 3.21. The number of H-pyrrole nitrogens is 1. The van der Waals surface area contributed by atoms with Crippen molar-refractivity contribution in [3.8, 4) is 0 Å². The molecule has 1 heterocycles. The maximum absolute atomic E-state index is 11.6.